The zero-order valence-electron chi connectivity index (χ0n) is 10.9. The van der Waals surface area contributed by atoms with Gasteiger partial charge in [-0.15, -0.1) is 0 Å². The maximum Gasteiger partial charge on any atom is 0.211 e. The highest BCUT2D eigenvalue weighted by Gasteiger charge is 2.35. The summed E-state index contributed by atoms with van der Waals surface area (Å²) in [6, 6.07) is 3.28. The van der Waals surface area contributed by atoms with Gasteiger partial charge in [0.15, 0.2) is 14.9 Å². The molecule has 1 aromatic rings. The number of aromatic nitrogens is 1. The van der Waals surface area contributed by atoms with Crippen molar-refractivity contribution in [3.63, 3.8) is 0 Å². The summed E-state index contributed by atoms with van der Waals surface area (Å²) in [6.07, 6.45) is 3.15. The number of sulfonamides is 1. The molecule has 0 aliphatic carbocycles. The Morgan fingerprint density at radius 3 is 2.35 bits per heavy atom. The Morgan fingerprint density at radius 2 is 1.85 bits per heavy atom. The Hall–Kier alpha value is -0.510. The monoisotopic (exact) mass is 382 g/mol. The Bertz CT molecular complexity index is 695. The Morgan fingerprint density at radius 1 is 1.25 bits per heavy atom. The lowest BCUT2D eigenvalue weighted by Gasteiger charge is -2.29. The van der Waals surface area contributed by atoms with Crippen molar-refractivity contribution in [1.82, 2.24) is 9.29 Å². The first-order valence-corrected chi connectivity index (χ1v) is 10.2. The third-order valence-corrected chi connectivity index (χ3v) is 7.72. The van der Waals surface area contributed by atoms with Crippen LogP contribution in [0, 0.1) is 0 Å². The first kappa shape index (κ1) is 15.9. The second-order valence-electron chi connectivity index (χ2n) is 4.70. The van der Waals surface area contributed by atoms with Crippen molar-refractivity contribution < 1.29 is 16.8 Å². The molecule has 0 amide bonds. The molecule has 0 unspecified atom stereocenters. The highest BCUT2D eigenvalue weighted by molar-refractivity contribution is 9.10. The fraction of sp³-hybridized carbons (Fsp3) is 0.545. The second-order valence-corrected chi connectivity index (χ2v) is 9.68. The fourth-order valence-corrected chi connectivity index (χ4v) is 5.71. The molecule has 1 aliphatic rings. The van der Waals surface area contributed by atoms with Crippen molar-refractivity contribution in [3.8, 4) is 0 Å². The van der Waals surface area contributed by atoms with Gasteiger partial charge in [-0.25, -0.2) is 26.1 Å². The lowest BCUT2D eigenvalue weighted by molar-refractivity contribution is 0.347. The number of rotatable bonds is 3. The van der Waals surface area contributed by atoms with Crippen LogP contribution in [0.2, 0.25) is 0 Å². The van der Waals surface area contributed by atoms with Crippen molar-refractivity contribution in [2.45, 2.75) is 23.1 Å². The molecule has 20 heavy (non-hydrogen) atoms. The zero-order valence-corrected chi connectivity index (χ0v) is 14.1. The minimum atomic E-state index is -3.54. The maximum atomic E-state index is 12.5. The minimum absolute atomic E-state index is 0.0257. The van der Waals surface area contributed by atoms with Gasteiger partial charge in [0, 0.05) is 19.3 Å². The van der Waals surface area contributed by atoms with Crippen LogP contribution in [0.25, 0.3) is 0 Å². The van der Waals surface area contributed by atoms with E-state index in [4.69, 9.17) is 0 Å². The molecule has 1 saturated heterocycles. The summed E-state index contributed by atoms with van der Waals surface area (Å²) < 4.78 is 49.6. The maximum absolute atomic E-state index is 12.5. The van der Waals surface area contributed by atoms with E-state index in [1.165, 1.54) is 10.5 Å². The summed E-state index contributed by atoms with van der Waals surface area (Å²) in [7, 11) is -6.80. The third kappa shape index (κ3) is 3.21. The zero-order chi connectivity index (χ0) is 15.0. The molecule has 0 bridgehead atoms. The molecule has 112 valence electrons. The molecule has 0 saturated carbocycles. The quantitative estimate of drug-likeness (QED) is 0.779. The Labute approximate surface area is 127 Å². The number of nitrogens with zero attached hydrogens (tertiary/aromatic N) is 2. The molecular weight excluding hydrogens is 368 g/mol. The third-order valence-electron chi connectivity index (χ3n) is 3.30. The SMILES string of the molecule is CS(=O)(=O)N1CCC(S(=O)(=O)c2ncccc2Br)CC1. The van der Waals surface area contributed by atoms with E-state index in [0.29, 0.717) is 17.3 Å². The second kappa shape index (κ2) is 5.70. The van der Waals surface area contributed by atoms with Crippen LogP contribution in [0.3, 0.4) is 0 Å². The van der Waals surface area contributed by atoms with Crippen molar-refractivity contribution in [2.24, 2.45) is 0 Å². The van der Waals surface area contributed by atoms with E-state index in [-0.39, 0.29) is 18.1 Å². The average Bonchev–Trinajstić information content (AvgIpc) is 2.38. The van der Waals surface area contributed by atoms with Gasteiger partial charge < -0.3 is 0 Å². The number of pyridine rings is 1. The Balaban J connectivity index is 2.20. The van der Waals surface area contributed by atoms with Gasteiger partial charge >= 0.3 is 0 Å². The van der Waals surface area contributed by atoms with Crippen LogP contribution in [-0.2, 0) is 19.9 Å². The van der Waals surface area contributed by atoms with E-state index in [0.717, 1.165) is 6.26 Å². The van der Waals surface area contributed by atoms with Gasteiger partial charge in [-0.1, -0.05) is 0 Å². The van der Waals surface area contributed by atoms with Crippen LogP contribution in [0.5, 0.6) is 0 Å². The van der Waals surface area contributed by atoms with Crippen molar-refractivity contribution in [1.29, 1.82) is 0 Å². The van der Waals surface area contributed by atoms with E-state index in [2.05, 4.69) is 20.9 Å². The molecule has 0 radical (unpaired) electrons. The van der Waals surface area contributed by atoms with E-state index < -0.39 is 25.1 Å². The highest BCUT2D eigenvalue weighted by Crippen LogP contribution is 2.28. The first-order valence-electron chi connectivity index (χ1n) is 6.02. The summed E-state index contributed by atoms with van der Waals surface area (Å²) in [5.74, 6) is 0. The number of hydrogen-bond donors (Lipinski definition) is 0. The molecule has 0 N–H and O–H groups in total. The molecule has 0 atom stereocenters. The van der Waals surface area contributed by atoms with Crippen LogP contribution in [-0.4, -0.2) is 50.7 Å². The standard InChI is InChI=1S/C11H15BrN2O4S2/c1-19(15,16)14-7-4-9(5-8-14)20(17,18)11-10(12)3-2-6-13-11/h2-3,6,9H,4-5,7-8H2,1H3. The topological polar surface area (TPSA) is 84.4 Å². The van der Waals surface area contributed by atoms with Crippen molar-refractivity contribution in [3.05, 3.63) is 22.8 Å². The Kier molecular flexibility index (Phi) is 4.53. The van der Waals surface area contributed by atoms with Gasteiger partial charge in [0.2, 0.25) is 10.0 Å². The number of piperidine rings is 1. The molecule has 0 spiro atoms. The van der Waals surface area contributed by atoms with Crippen molar-refractivity contribution >= 4 is 35.8 Å². The van der Waals surface area contributed by atoms with E-state index in [9.17, 15) is 16.8 Å². The molecule has 0 aromatic carbocycles. The van der Waals surface area contributed by atoms with Crippen LogP contribution in [0.4, 0.5) is 0 Å². The van der Waals surface area contributed by atoms with Crippen LogP contribution >= 0.6 is 15.9 Å². The van der Waals surface area contributed by atoms with Gasteiger partial charge in [-0.3, -0.25) is 0 Å². The molecular formula is C11H15BrN2O4S2. The summed E-state index contributed by atoms with van der Waals surface area (Å²) >= 11 is 3.19. The summed E-state index contributed by atoms with van der Waals surface area (Å²) in [5.41, 5.74) is 0. The number of hydrogen-bond acceptors (Lipinski definition) is 5. The van der Waals surface area contributed by atoms with E-state index >= 15 is 0 Å². The molecule has 1 fully saturated rings. The van der Waals surface area contributed by atoms with E-state index in [1.807, 2.05) is 0 Å². The summed E-state index contributed by atoms with van der Waals surface area (Å²) in [4.78, 5) is 3.93. The van der Waals surface area contributed by atoms with Gasteiger partial charge in [-0.05, 0) is 40.9 Å². The molecule has 1 aliphatic heterocycles. The van der Waals surface area contributed by atoms with Gasteiger partial charge in [-0.2, -0.15) is 0 Å². The molecule has 1 aromatic heterocycles. The minimum Gasteiger partial charge on any atom is -0.244 e. The van der Waals surface area contributed by atoms with E-state index in [1.54, 1.807) is 12.1 Å². The summed E-state index contributed by atoms with van der Waals surface area (Å²) in [6.45, 7) is 0.459. The predicted octanol–water partition coefficient (Wildman–Crippen LogP) is 1.04. The first-order chi connectivity index (χ1) is 9.23. The number of sulfone groups is 1. The largest absolute Gasteiger partial charge is 0.244 e. The fourth-order valence-electron chi connectivity index (χ4n) is 2.21. The smallest absolute Gasteiger partial charge is 0.211 e. The molecule has 6 nitrogen and oxygen atoms in total. The normalized spacial score (nSPS) is 19.1. The summed E-state index contributed by atoms with van der Waals surface area (Å²) in [5, 5.41) is -0.565. The average molecular weight is 383 g/mol. The lowest BCUT2D eigenvalue weighted by Crippen LogP contribution is -2.42. The van der Waals surface area contributed by atoms with Crippen LogP contribution in [0.15, 0.2) is 27.8 Å². The predicted molar refractivity (Wildman–Crippen MR) is 78.6 cm³/mol. The van der Waals surface area contributed by atoms with Gasteiger partial charge in [0.05, 0.1) is 16.0 Å². The van der Waals surface area contributed by atoms with Gasteiger partial charge in [0.25, 0.3) is 0 Å². The van der Waals surface area contributed by atoms with Crippen LogP contribution < -0.4 is 0 Å². The lowest BCUT2D eigenvalue weighted by atomic mass is 10.2. The van der Waals surface area contributed by atoms with Gasteiger partial charge in [0.1, 0.15) is 0 Å². The van der Waals surface area contributed by atoms with Crippen molar-refractivity contribution in [2.75, 3.05) is 19.3 Å². The molecule has 2 rings (SSSR count). The molecule has 2 heterocycles. The van der Waals surface area contributed by atoms with Crippen LogP contribution in [0.1, 0.15) is 12.8 Å². The number of halogens is 1. The molecule has 9 heteroatoms. The highest BCUT2D eigenvalue weighted by atomic mass is 79.9.